The smallest absolute Gasteiger partial charge is 0.150 e. The molecule has 0 aromatic heterocycles. The molecule has 0 radical (unpaired) electrons. The number of rotatable bonds is 4. The van der Waals surface area contributed by atoms with Crippen LogP contribution in [0.2, 0.25) is 0 Å². The van der Waals surface area contributed by atoms with Crippen molar-refractivity contribution < 1.29 is 9.18 Å². The maximum absolute atomic E-state index is 13.2. The van der Waals surface area contributed by atoms with Gasteiger partial charge in [0.05, 0.1) is 0 Å². The monoisotopic (exact) mass is 260 g/mol. The molecule has 0 atom stereocenters. The molecule has 2 aromatic rings. The first-order valence-corrected chi connectivity index (χ1v) is 6.60. The Morgan fingerprint density at radius 2 is 2.06 bits per heavy atom. The van der Waals surface area contributed by atoms with Gasteiger partial charge in [-0.05, 0) is 30.7 Å². The van der Waals surface area contributed by atoms with Crippen molar-refractivity contribution in [2.75, 3.05) is 0 Å². The van der Waals surface area contributed by atoms with E-state index in [4.69, 9.17) is 0 Å². The van der Waals surface area contributed by atoms with Crippen molar-refractivity contribution in [2.45, 2.75) is 17.6 Å². The first-order valence-electron chi connectivity index (χ1n) is 5.61. The molecule has 92 valence electrons. The second-order valence-electron chi connectivity index (χ2n) is 4.12. The molecule has 0 heterocycles. The minimum absolute atomic E-state index is 0.369. The van der Waals surface area contributed by atoms with E-state index in [1.54, 1.807) is 6.07 Å². The summed E-state index contributed by atoms with van der Waals surface area (Å²) in [5.41, 5.74) is 2.78. The third-order valence-electron chi connectivity index (χ3n) is 2.52. The van der Waals surface area contributed by atoms with E-state index in [9.17, 15) is 9.18 Å². The van der Waals surface area contributed by atoms with Crippen LogP contribution >= 0.6 is 11.8 Å². The number of aryl methyl sites for hydroxylation is 1. The van der Waals surface area contributed by atoms with Gasteiger partial charge in [-0.2, -0.15) is 0 Å². The van der Waals surface area contributed by atoms with Crippen molar-refractivity contribution in [1.29, 1.82) is 0 Å². The molecule has 0 bridgehead atoms. The molecule has 2 aromatic carbocycles. The number of aldehydes is 1. The Morgan fingerprint density at radius 1 is 1.22 bits per heavy atom. The van der Waals surface area contributed by atoms with Crippen LogP contribution in [0.5, 0.6) is 0 Å². The van der Waals surface area contributed by atoms with Gasteiger partial charge in [0.2, 0.25) is 0 Å². The van der Waals surface area contributed by atoms with E-state index >= 15 is 0 Å². The largest absolute Gasteiger partial charge is 0.298 e. The summed E-state index contributed by atoms with van der Waals surface area (Å²) < 4.78 is 13.2. The Bertz CT molecular complexity index is 566. The van der Waals surface area contributed by atoms with Crippen LogP contribution < -0.4 is 0 Å². The Balaban J connectivity index is 2.10. The molecule has 3 heteroatoms. The van der Waals surface area contributed by atoms with Gasteiger partial charge in [-0.3, -0.25) is 4.79 Å². The second-order valence-corrected chi connectivity index (χ2v) is 5.16. The number of carbonyl (C=O) groups is 1. The van der Waals surface area contributed by atoms with Crippen LogP contribution in [0.1, 0.15) is 21.5 Å². The highest BCUT2D eigenvalue weighted by molar-refractivity contribution is 7.98. The lowest BCUT2D eigenvalue weighted by Gasteiger charge is -2.04. The van der Waals surface area contributed by atoms with Crippen LogP contribution in [0, 0.1) is 12.7 Å². The standard InChI is InChI=1S/C15H13FOS/c1-11-3-2-4-12(5-11)10-18-15-7-13(9-17)6-14(16)8-15/h2-9H,10H2,1H3. The quantitative estimate of drug-likeness (QED) is 0.604. The Labute approximate surface area is 110 Å². The van der Waals surface area contributed by atoms with Crippen LogP contribution in [-0.2, 0) is 5.75 Å². The van der Waals surface area contributed by atoms with Crippen LogP contribution in [0.15, 0.2) is 47.4 Å². The van der Waals surface area contributed by atoms with E-state index in [-0.39, 0.29) is 5.82 Å². The minimum Gasteiger partial charge on any atom is -0.298 e. The van der Waals surface area contributed by atoms with E-state index in [0.717, 1.165) is 10.6 Å². The van der Waals surface area contributed by atoms with Gasteiger partial charge < -0.3 is 0 Å². The number of carbonyl (C=O) groups excluding carboxylic acids is 1. The number of thioether (sulfide) groups is 1. The molecule has 2 rings (SSSR count). The predicted octanol–water partition coefficient (Wildman–Crippen LogP) is 4.24. The summed E-state index contributed by atoms with van der Waals surface area (Å²) in [5, 5.41) is 0. The lowest BCUT2D eigenvalue weighted by molar-refractivity contribution is 0.112. The van der Waals surface area contributed by atoms with Crippen molar-refractivity contribution in [2.24, 2.45) is 0 Å². The Kier molecular flexibility index (Phi) is 4.15. The van der Waals surface area contributed by atoms with E-state index < -0.39 is 0 Å². The van der Waals surface area contributed by atoms with Gasteiger partial charge in [0.25, 0.3) is 0 Å². The summed E-state index contributed by atoms with van der Waals surface area (Å²) in [6.45, 7) is 2.04. The molecule has 0 amide bonds. The highest BCUT2D eigenvalue weighted by Crippen LogP contribution is 2.24. The fourth-order valence-electron chi connectivity index (χ4n) is 1.70. The lowest BCUT2D eigenvalue weighted by atomic mass is 10.2. The van der Waals surface area contributed by atoms with Crippen LogP contribution in [0.25, 0.3) is 0 Å². The van der Waals surface area contributed by atoms with Crippen molar-refractivity contribution in [3.63, 3.8) is 0 Å². The zero-order chi connectivity index (χ0) is 13.0. The maximum Gasteiger partial charge on any atom is 0.150 e. The molecule has 0 spiro atoms. The summed E-state index contributed by atoms with van der Waals surface area (Å²) >= 11 is 1.53. The van der Waals surface area contributed by atoms with Crippen molar-refractivity contribution in [3.8, 4) is 0 Å². The number of benzene rings is 2. The zero-order valence-electron chi connectivity index (χ0n) is 10.0. The number of hydrogen-bond acceptors (Lipinski definition) is 2. The SMILES string of the molecule is Cc1cccc(CSc2cc(F)cc(C=O)c2)c1. The summed E-state index contributed by atoms with van der Waals surface area (Å²) in [4.78, 5) is 11.4. The number of halogens is 1. The molecule has 0 aliphatic heterocycles. The minimum atomic E-state index is -0.369. The molecule has 0 fully saturated rings. The van der Waals surface area contributed by atoms with E-state index in [0.29, 0.717) is 11.8 Å². The van der Waals surface area contributed by atoms with Crippen molar-refractivity contribution in [1.82, 2.24) is 0 Å². The molecular formula is C15H13FOS. The third kappa shape index (κ3) is 3.44. The highest BCUT2D eigenvalue weighted by atomic mass is 32.2. The van der Waals surface area contributed by atoms with Crippen LogP contribution in [-0.4, -0.2) is 6.29 Å². The predicted molar refractivity (Wildman–Crippen MR) is 72.5 cm³/mol. The number of hydrogen-bond donors (Lipinski definition) is 0. The molecule has 0 aliphatic rings. The van der Waals surface area contributed by atoms with Gasteiger partial charge in [0.15, 0.2) is 0 Å². The molecule has 1 nitrogen and oxygen atoms in total. The molecule has 0 unspecified atom stereocenters. The molecule has 18 heavy (non-hydrogen) atoms. The Hall–Kier alpha value is -1.61. The fraction of sp³-hybridized carbons (Fsp3) is 0.133. The van der Waals surface area contributed by atoms with Gasteiger partial charge in [0, 0.05) is 16.2 Å². The van der Waals surface area contributed by atoms with E-state index in [2.05, 4.69) is 6.07 Å². The maximum atomic E-state index is 13.2. The fourth-order valence-corrected chi connectivity index (χ4v) is 2.63. The van der Waals surface area contributed by atoms with E-state index in [1.165, 1.54) is 35.0 Å². The van der Waals surface area contributed by atoms with Crippen LogP contribution in [0.4, 0.5) is 4.39 Å². The zero-order valence-corrected chi connectivity index (χ0v) is 10.8. The van der Waals surface area contributed by atoms with Gasteiger partial charge in [-0.15, -0.1) is 11.8 Å². The first-order chi connectivity index (χ1) is 8.67. The first kappa shape index (κ1) is 12.8. The van der Waals surface area contributed by atoms with Gasteiger partial charge in [-0.25, -0.2) is 4.39 Å². The lowest BCUT2D eigenvalue weighted by Crippen LogP contribution is -1.86. The second kappa shape index (κ2) is 5.83. The summed E-state index contributed by atoms with van der Waals surface area (Å²) in [6, 6.07) is 12.6. The average Bonchev–Trinajstić information content (AvgIpc) is 2.36. The summed E-state index contributed by atoms with van der Waals surface area (Å²) in [5.74, 6) is 0.398. The highest BCUT2D eigenvalue weighted by Gasteiger charge is 2.02. The molecule has 0 saturated carbocycles. The molecule has 0 aliphatic carbocycles. The van der Waals surface area contributed by atoms with Gasteiger partial charge >= 0.3 is 0 Å². The van der Waals surface area contributed by atoms with Crippen molar-refractivity contribution >= 4 is 18.0 Å². The van der Waals surface area contributed by atoms with E-state index in [1.807, 2.05) is 25.1 Å². The average molecular weight is 260 g/mol. The topological polar surface area (TPSA) is 17.1 Å². The Morgan fingerprint density at radius 3 is 2.78 bits per heavy atom. The third-order valence-corrected chi connectivity index (χ3v) is 3.56. The van der Waals surface area contributed by atoms with Crippen molar-refractivity contribution in [3.05, 3.63) is 65.0 Å². The molecule has 0 N–H and O–H groups in total. The van der Waals surface area contributed by atoms with Gasteiger partial charge in [0.1, 0.15) is 12.1 Å². The normalized spacial score (nSPS) is 10.3. The summed E-state index contributed by atoms with van der Waals surface area (Å²) in [6.07, 6.45) is 0.666. The molecular weight excluding hydrogens is 247 g/mol. The summed E-state index contributed by atoms with van der Waals surface area (Å²) in [7, 11) is 0. The molecule has 0 saturated heterocycles. The van der Waals surface area contributed by atoms with Crippen LogP contribution in [0.3, 0.4) is 0 Å². The van der Waals surface area contributed by atoms with Gasteiger partial charge in [-0.1, -0.05) is 29.8 Å².